The number of nitrogens with one attached hydrogen (secondary N) is 1. The number of thiophene rings is 1. The number of nitrogens with zero attached hydrogens (tertiary/aromatic N) is 2. The molecule has 2 aromatic heterocycles. The summed E-state index contributed by atoms with van der Waals surface area (Å²) in [7, 11) is 0. The smallest absolute Gasteiger partial charge is 0.387 e. The first-order valence-electron chi connectivity index (χ1n) is 7.15. The molecule has 0 aliphatic heterocycles. The summed E-state index contributed by atoms with van der Waals surface area (Å²) in [5.74, 6) is -0.0408. The molecule has 0 atom stereocenters. The molecule has 26 heavy (non-hydrogen) atoms. The molecule has 0 amide bonds. The number of rotatable bonds is 8. The number of alkyl halides is 4. The molecule has 0 saturated carbocycles. The minimum absolute atomic E-state index is 0.0209. The van der Waals surface area contributed by atoms with E-state index in [0.717, 1.165) is 10.9 Å². The molecule has 0 aliphatic carbocycles. The van der Waals surface area contributed by atoms with Crippen LogP contribution in [0, 0.1) is 0 Å². The van der Waals surface area contributed by atoms with Gasteiger partial charge in [-0.2, -0.15) is 22.5 Å². The van der Waals surface area contributed by atoms with Crippen LogP contribution < -0.4 is 14.8 Å². The predicted octanol–water partition coefficient (Wildman–Crippen LogP) is 4.61. The maximum atomic E-state index is 12.5. The van der Waals surface area contributed by atoms with Gasteiger partial charge in [0.1, 0.15) is 5.75 Å². The van der Waals surface area contributed by atoms with E-state index in [0.29, 0.717) is 5.82 Å². The van der Waals surface area contributed by atoms with Crippen molar-refractivity contribution < 1.29 is 31.6 Å². The van der Waals surface area contributed by atoms with Gasteiger partial charge in [-0.25, -0.2) is 0 Å². The lowest BCUT2D eigenvalue weighted by molar-refractivity contribution is -0.0539. The van der Waals surface area contributed by atoms with E-state index in [1.807, 2.05) is 17.5 Å². The highest BCUT2D eigenvalue weighted by Crippen LogP contribution is 2.32. The van der Waals surface area contributed by atoms with Crippen molar-refractivity contribution in [3.05, 3.63) is 41.6 Å². The van der Waals surface area contributed by atoms with Crippen molar-refractivity contribution in [3.8, 4) is 22.2 Å². The highest BCUT2D eigenvalue weighted by molar-refractivity contribution is 7.13. The molecule has 0 spiro atoms. The lowest BCUT2D eigenvalue weighted by Gasteiger charge is -2.13. The van der Waals surface area contributed by atoms with E-state index in [4.69, 9.17) is 4.52 Å². The molecule has 0 saturated heterocycles. The molecule has 3 rings (SSSR count). The fourth-order valence-corrected chi connectivity index (χ4v) is 2.67. The Morgan fingerprint density at radius 1 is 1.12 bits per heavy atom. The van der Waals surface area contributed by atoms with E-state index in [-0.39, 0.29) is 29.6 Å². The highest BCUT2D eigenvalue weighted by atomic mass is 32.1. The second-order valence-electron chi connectivity index (χ2n) is 4.76. The Bertz CT molecular complexity index is 843. The lowest BCUT2D eigenvalue weighted by Crippen LogP contribution is -2.08. The quantitative estimate of drug-likeness (QED) is 0.568. The largest absolute Gasteiger partial charge is 0.435 e. The summed E-state index contributed by atoms with van der Waals surface area (Å²) in [6.45, 7) is -6.19. The van der Waals surface area contributed by atoms with Gasteiger partial charge in [0.05, 0.1) is 17.1 Å². The molecule has 0 unspecified atom stereocenters. The minimum atomic E-state index is -3.13. The number of hydrogen-bond donors (Lipinski definition) is 1. The van der Waals surface area contributed by atoms with Gasteiger partial charge in [-0.3, -0.25) is 0 Å². The monoisotopic (exact) mass is 389 g/mol. The van der Waals surface area contributed by atoms with E-state index >= 15 is 0 Å². The first-order chi connectivity index (χ1) is 12.5. The molecule has 0 aliphatic rings. The zero-order valence-corrected chi connectivity index (χ0v) is 13.7. The van der Waals surface area contributed by atoms with Crippen LogP contribution in [0.1, 0.15) is 5.89 Å². The topological polar surface area (TPSA) is 69.4 Å². The van der Waals surface area contributed by atoms with Crippen LogP contribution in [0.2, 0.25) is 0 Å². The summed E-state index contributed by atoms with van der Waals surface area (Å²) >= 11 is 1.44. The third kappa shape index (κ3) is 4.63. The van der Waals surface area contributed by atoms with Gasteiger partial charge in [-0.1, -0.05) is 11.2 Å². The average molecular weight is 389 g/mol. The van der Waals surface area contributed by atoms with E-state index in [1.165, 1.54) is 23.5 Å². The Hall–Kier alpha value is -2.82. The number of benzene rings is 1. The van der Waals surface area contributed by atoms with Crippen molar-refractivity contribution in [3.63, 3.8) is 0 Å². The normalized spacial score (nSPS) is 11.2. The van der Waals surface area contributed by atoms with E-state index < -0.39 is 13.2 Å². The van der Waals surface area contributed by atoms with Gasteiger partial charge in [0.2, 0.25) is 11.7 Å². The highest BCUT2D eigenvalue weighted by Gasteiger charge is 2.15. The third-order valence-electron chi connectivity index (χ3n) is 3.03. The molecule has 1 N–H and O–H groups in total. The fourth-order valence-electron chi connectivity index (χ4n) is 2.02. The predicted molar refractivity (Wildman–Crippen MR) is 84.6 cm³/mol. The number of anilines is 1. The average Bonchev–Trinajstić information content (AvgIpc) is 3.24. The first kappa shape index (κ1) is 18.0. The van der Waals surface area contributed by atoms with Gasteiger partial charge in [0, 0.05) is 6.07 Å². The molecule has 3 aromatic rings. The number of halogens is 4. The first-order valence-corrected chi connectivity index (χ1v) is 8.03. The Labute approximate surface area is 148 Å². The minimum Gasteiger partial charge on any atom is -0.435 e. The van der Waals surface area contributed by atoms with Crippen LogP contribution in [0.25, 0.3) is 10.7 Å². The van der Waals surface area contributed by atoms with Gasteiger partial charge in [0.25, 0.3) is 0 Å². The molecule has 0 bridgehead atoms. The zero-order chi connectivity index (χ0) is 18.5. The molecule has 11 heteroatoms. The van der Waals surface area contributed by atoms with E-state index in [2.05, 4.69) is 24.9 Å². The van der Waals surface area contributed by atoms with Crippen LogP contribution in [-0.4, -0.2) is 23.4 Å². The second kappa shape index (κ2) is 8.04. The molecule has 2 heterocycles. The summed E-state index contributed by atoms with van der Waals surface area (Å²) in [5, 5.41) is 8.46. The van der Waals surface area contributed by atoms with Crippen LogP contribution >= 0.6 is 11.3 Å². The maximum Gasteiger partial charge on any atom is 0.387 e. The Morgan fingerprint density at radius 3 is 2.62 bits per heavy atom. The van der Waals surface area contributed by atoms with Crippen LogP contribution in [0.4, 0.5) is 23.2 Å². The summed E-state index contributed by atoms with van der Waals surface area (Å²) in [6.07, 6.45) is 0. The zero-order valence-electron chi connectivity index (χ0n) is 12.9. The van der Waals surface area contributed by atoms with E-state index in [1.54, 1.807) is 0 Å². The van der Waals surface area contributed by atoms with Gasteiger partial charge >= 0.3 is 13.2 Å². The Morgan fingerprint density at radius 2 is 1.92 bits per heavy atom. The standard InChI is InChI=1S/C15H11F4N3O3S/c16-14(17)23-8-3-4-9(10(6-8)24-15(18)19)20-7-12-21-13(22-25-12)11-2-1-5-26-11/h1-6,14-15,20H,7H2. The number of ether oxygens (including phenoxy) is 2. The molecule has 6 nitrogen and oxygen atoms in total. The molecular formula is C15H11F4N3O3S. The number of aromatic nitrogens is 2. The summed E-state index contributed by atoms with van der Waals surface area (Å²) in [5.41, 5.74) is 0.128. The maximum absolute atomic E-state index is 12.5. The Kier molecular flexibility index (Phi) is 5.56. The number of hydrogen-bond acceptors (Lipinski definition) is 7. The van der Waals surface area contributed by atoms with Gasteiger partial charge in [0.15, 0.2) is 5.75 Å². The molecule has 0 radical (unpaired) electrons. The SMILES string of the molecule is FC(F)Oc1ccc(NCc2nc(-c3cccs3)no2)c(OC(F)F)c1. The van der Waals surface area contributed by atoms with Crippen molar-refractivity contribution in [1.82, 2.24) is 10.1 Å². The van der Waals surface area contributed by atoms with Gasteiger partial charge in [-0.05, 0) is 23.6 Å². The lowest BCUT2D eigenvalue weighted by atomic mass is 10.2. The van der Waals surface area contributed by atoms with Crippen LogP contribution in [0.3, 0.4) is 0 Å². The second-order valence-corrected chi connectivity index (χ2v) is 5.71. The van der Waals surface area contributed by atoms with Gasteiger partial charge < -0.3 is 19.3 Å². The van der Waals surface area contributed by atoms with Gasteiger partial charge in [-0.15, -0.1) is 11.3 Å². The fraction of sp³-hybridized carbons (Fsp3) is 0.200. The van der Waals surface area contributed by atoms with Crippen LogP contribution in [0.5, 0.6) is 11.5 Å². The summed E-state index contributed by atoms with van der Waals surface area (Å²) in [4.78, 5) is 4.99. The van der Waals surface area contributed by atoms with Crippen LogP contribution in [-0.2, 0) is 6.54 Å². The summed E-state index contributed by atoms with van der Waals surface area (Å²) in [6, 6.07) is 7.06. The van der Waals surface area contributed by atoms with Crippen molar-refractivity contribution in [1.29, 1.82) is 0 Å². The van der Waals surface area contributed by atoms with Crippen molar-refractivity contribution in [2.75, 3.05) is 5.32 Å². The Balaban J connectivity index is 1.72. The molecular weight excluding hydrogens is 378 g/mol. The summed E-state index contributed by atoms with van der Waals surface area (Å²) < 4.78 is 63.2. The van der Waals surface area contributed by atoms with Crippen molar-refractivity contribution in [2.45, 2.75) is 19.8 Å². The van der Waals surface area contributed by atoms with Crippen molar-refractivity contribution in [2.24, 2.45) is 0 Å². The van der Waals surface area contributed by atoms with E-state index in [9.17, 15) is 17.6 Å². The molecule has 138 valence electrons. The van der Waals surface area contributed by atoms with Crippen molar-refractivity contribution >= 4 is 17.0 Å². The third-order valence-corrected chi connectivity index (χ3v) is 3.90. The molecule has 1 aromatic carbocycles. The molecule has 0 fully saturated rings. The van der Waals surface area contributed by atoms with Crippen LogP contribution in [0.15, 0.2) is 40.2 Å².